The highest BCUT2D eigenvalue weighted by Gasteiger charge is 2.36. The molecule has 0 unspecified atom stereocenters. The van der Waals surface area contributed by atoms with Crippen molar-refractivity contribution in [2.24, 2.45) is 0 Å². The predicted molar refractivity (Wildman–Crippen MR) is 154 cm³/mol. The molecule has 3 amide bonds. The first-order valence-electron chi connectivity index (χ1n) is 11.5. The minimum Gasteiger partial charge on any atom is -0.493 e. The van der Waals surface area contributed by atoms with Crippen LogP contribution in [0.1, 0.15) is 16.7 Å². The number of ether oxygens (including phenoxy) is 2. The number of hydrogen-bond acceptors (Lipinski definition) is 6. The molecule has 0 atom stereocenters. The minimum absolute atomic E-state index is 0.0393. The lowest BCUT2D eigenvalue weighted by atomic mass is 10.1. The minimum atomic E-state index is -4.59. The number of alkyl halides is 3. The molecule has 3 aromatic carbocycles. The number of carbonyl (C=O) groups excluding carboxylic acids is 3. The summed E-state index contributed by atoms with van der Waals surface area (Å²) < 4.78 is 50.7. The van der Waals surface area contributed by atoms with E-state index in [1.165, 1.54) is 19.3 Å². The van der Waals surface area contributed by atoms with Gasteiger partial charge in [0.25, 0.3) is 11.1 Å². The van der Waals surface area contributed by atoms with Crippen LogP contribution in [0.15, 0.2) is 64.0 Å². The third kappa shape index (κ3) is 7.56. The van der Waals surface area contributed by atoms with Gasteiger partial charge in [-0.3, -0.25) is 19.3 Å². The zero-order valence-electron chi connectivity index (χ0n) is 20.9. The van der Waals surface area contributed by atoms with Gasteiger partial charge in [0.1, 0.15) is 13.2 Å². The highest BCUT2D eigenvalue weighted by Crippen LogP contribution is 2.40. The van der Waals surface area contributed by atoms with Crippen LogP contribution in [0.2, 0.25) is 10.0 Å². The lowest BCUT2D eigenvalue weighted by Crippen LogP contribution is -2.36. The maximum absolute atomic E-state index is 12.9. The van der Waals surface area contributed by atoms with E-state index in [1.807, 2.05) is 0 Å². The average Bonchev–Trinajstić information content (AvgIpc) is 3.15. The topological polar surface area (TPSA) is 84.9 Å². The molecule has 1 saturated heterocycles. The first kappa shape index (κ1) is 30.8. The second kappa shape index (κ2) is 12.8. The van der Waals surface area contributed by atoms with E-state index in [4.69, 9.17) is 32.7 Å². The molecule has 14 heteroatoms. The molecule has 4 rings (SSSR count). The molecule has 3 aromatic rings. The summed E-state index contributed by atoms with van der Waals surface area (Å²) in [4.78, 5) is 38.6. The molecule has 0 bridgehead atoms. The third-order valence-electron chi connectivity index (χ3n) is 5.59. The molecule has 0 aliphatic carbocycles. The summed E-state index contributed by atoms with van der Waals surface area (Å²) in [6.45, 7) is -0.558. The summed E-state index contributed by atoms with van der Waals surface area (Å²) in [5, 5.41) is 2.50. The van der Waals surface area contributed by atoms with Crippen molar-refractivity contribution in [3.05, 3.63) is 90.7 Å². The maximum Gasteiger partial charge on any atom is 0.416 e. The van der Waals surface area contributed by atoms with Crippen molar-refractivity contribution < 1.29 is 37.0 Å². The molecule has 0 saturated carbocycles. The number of thioether (sulfide) groups is 1. The summed E-state index contributed by atoms with van der Waals surface area (Å²) in [7, 11) is 1.44. The van der Waals surface area contributed by atoms with Crippen LogP contribution in [-0.4, -0.2) is 35.6 Å². The normalized spacial score (nSPS) is 14.5. The second-order valence-corrected chi connectivity index (χ2v) is 11.1. The van der Waals surface area contributed by atoms with Crippen molar-refractivity contribution in [3.63, 3.8) is 0 Å². The number of imide groups is 1. The quantitative estimate of drug-likeness (QED) is 0.241. The Labute approximate surface area is 254 Å². The zero-order chi connectivity index (χ0) is 29.9. The van der Waals surface area contributed by atoms with Crippen molar-refractivity contribution in [1.29, 1.82) is 0 Å². The fourth-order valence-electron chi connectivity index (χ4n) is 3.66. The Balaban J connectivity index is 1.46. The standard InChI is InChI=1S/C27H18BrCl2F3N2O5S/c1-39-21-8-14(7-19(28)24(21)40-13-15-5-6-17(29)11-20(15)30)9-22-25(37)35(26(38)41-22)12-23(36)34-18-4-2-3-16(10-18)27(31,32)33/h2-11H,12-13H2,1H3,(H,34,36)/b22-9-. The first-order chi connectivity index (χ1) is 19.3. The zero-order valence-corrected chi connectivity index (χ0v) is 24.8. The second-order valence-electron chi connectivity index (χ2n) is 8.45. The van der Waals surface area contributed by atoms with Crippen molar-refractivity contribution in [1.82, 2.24) is 4.90 Å². The fourth-order valence-corrected chi connectivity index (χ4v) is 5.53. The maximum atomic E-state index is 12.9. The molecule has 214 valence electrons. The summed E-state index contributed by atoms with van der Waals surface area (Å²) in [5.74, 6) is -0.864. The van der Waals surface area contributed by atoms with Gasteiger partial charge in [0.15, 0.2) is 11.5 Å². The van der Waals surface area contributed by atoms with E-state index in [9.17, 15) is 27.6 Å². The number of rotatable bonds is 8. The smallest absolute Gasteiger partial charge is 0.416 e. The van der Waals surface area contributed by atoms with Gasteiger partial charge in [-0.1, -0.05) is 35.3 Å². The Morgan fingerprint density at radius 2 is 1.88 bits per heavy atom. The summed E-state index contributed by atoms with van der Waals surface area (Å²) in [5.41, 5.74) is 0.116. The Bertz CT molecular complexity index is 1570. The molecule has 0 aromatic heterocycles. The number of nitrogens with one attached hydrogen (secondary N) is 1. The van der Waals surface area contributed by atoms with Crippen LogP contribution in [0, 0.1) is 0 Å². The lowest BCUT2D eigenvalue weighted by molar-refractivity contribution is -0.137. The van der Waals surface area contributed by atoms with Crippen LogP contribution in [0.25, 0.3) is 6.08 Å². The number of nitrogens with zero attached hydrogens (tertiary/aromatic N) is 1. The van der Waals surface area contributed by atoms with Gasteiger partial charge < -0.3 is 14.8 Å². The van der Waals surface area contributed by atoms with Crippen molar-refractivity contribution in [3.8, 4) is 11.5 Å². The molecule has 0 spiro atoms. The van der Waals surface area contributed by atoms with Crippen molar-refractivity contribution >= 4 is 79.7 Å². The van der Waals surface area contributed by atoms with Gasteiger partial charge in [0.05, 0.1) is 22.1 Å². The molecule has 41 heavy (non-hydrogen) atoms. The first-order valence-corrected chi connectivity index (χ1v) is 13.9. The molecule has 1 fully saturated rings. The van der Waals surface area contributed by atoms with E-state index in [-0.39, 0.29) is 17.2 Å². The Morgan fingerprint density at radius 1 is 1.12 bits per heavy atom. The highest BCUT2D eigenvalue weighted by atomic mass is 79.9. The Hall–Kier alpha value is -3.19. The van der Waals surface area contributed by atoms with E-state index < -0.39 is 35.3 Å². The summed E-state index contributed by atoms with van der Waals surface area (Å²) >= 11 is 16.2. The van der Waals surface area contributed by atoms with Crippen LogP contribution < -0.4 is 14.8 Å². The number of methoxy groups -OCH3 is 1. The molecular weight excluding hydrogens is 672 g/mol. The monoisotopic (exact) mass is 688 g/mol. The number of halogens is 6. The molecule has 0 radical (unpaired) electrons. The van der Waals surface area contributed by atoms with Gasteiger partial charge in [-0.2, -0.15) is 13.2 Å². The lowest BCUT2D eigenvalue weighted by Gasteiger charge is -2.15. The van der Waals surface area contributed by atoms with E-state index in [0.717, 1.165) is 18.2 Å². The van der Waals surface area contributed by atoms with Gasteiger partial charge in [-0.25, -0.2) is 0 Å². The number of carbonyl (C=O) groups is 3. The van der Waals surface area contributed by atoms with E-state index >= 15 is 0 Å². The molecule has 1 N–H and O–H groups in total. The van der Waals surface area contributed by atoms with E-state index in [0.29, 0.717) is 53.8 Å². The van der Waals surface area contributed by atoms with Crippen molar-refractivity contribution in [2.45, 2.75) is 12.8 Å². The number of anilines is 1. The SMILES string of the molecule is COc1cc(/C=C2\SC(=O)N(CC(=O)Nc3cccc(C(F)(F)F)c3)C2=O)cc(Br)c1OCc1ccc(Cl)cc1Cl. The van der Waals surface area contributed by atoms with Gasteiger partial charge in [0.2, 0.25) is 5.91 Å². The molecule has 1 heterocycles. The van der Waals surface area contributed by atoms with Crippen LogP contribution in [0.5, 0.6) is 11.5 Å². The predicted octanol–water partition coefficient (Wildman–Crippen LogP) is 8.04. The summed E-state index contributed by atoms with van der Waals surface area (Å²) in [6, 6.07) is 12.3. The van der Waals surface area contributed by atoms with Crippen LogP contribution in [-0.2, 0) is 22.4 Å². The van der Waals surface area contributed by atoms with Gasteiger partial charge in [0, 0.05) is 21.3 Å². The average molecular weight is 690 g/mol. The third-order valence-corrected chi connectivity index (χ3v) is 7.67. The molecule has 1 aliphatic rings. The molecular formula is C27H18BrCl2F3N2O5S. The molecule has 7 nitrogen and oxygen atoms in total. The highest BCUT2D eigenvalue weighted by molar-refractivity contribution is 9.10. The van der Waals surface area contributed by atoms with Gasteiger partial charge in [-0.15, -0.1) is 0 Å². The largest absolute Gasteiger partial charge is 0.493 e. The van der Waals surface area contributed by atoms with E-state index in [2.05, 4.69) is 21.2 Å². The van der Waals surface area contributed by atoms with Gasteiger partial charge >= 0.3 is 6.18 Å². The van der Waals surface area contributed by atoms with Crippen LogP contribution >= 0.6 is 50.9 Å². The summed E-state index contributed by atoms with van der Waals surface area (Å²) in [6.07, 6.45) is -3.15. The van der Waals surface area contributed by atoms with E-state index in [1.54, 1.807) is 30.3 Å². The van der Waals surface area contributed by atoms with Gasteiger partial charge in [-0.05, 0) is 81.8 Å². The Kier molecular flexibility index (Phi) is 9.58. The van der Waals surface area contributed by atoms with Crippen molar-refractivity contribution in [2.75, 3.05) is 19.0 Å². The number of hydrogen-bond donors (Lipinski definition) is 1. The van der Waals surface area contributed by atoms with Crippen LogP contribution in [0.4, 0.5) is 23.7 Å². The fraction of sp³-hybridized carbons (Fsp3) is 0.148. The van der Waals surface area contributed by atoms with Crippen LogP contribution in [0.3, 0.4) is 0 Å². The number of benzene rings is 3. The Morgan fingerprint density at radius 3 is 2.56 bits per heavy atom. The number of amides is 3. The molecule has 1 aliphatic heterocycles.